The van der Waals surface area contributed by atoms with E-state index in [1.807, 2.05) is 60.7 Å². The van der Waals surface area contributed by atoms with E-state index in [1.165, 1.54) is 0 Å². The van der Waals surface area contributed by atoms with Gasteiger partial charge in [0.15, 0.2) is 0 Å². The molecule has 27 heavy (non-hydrogen) atoms. The molecule has 0 fully saturated rings. The summed E-state index contributed by atoms with van der Waals surface area (Å²) in [5.41, 5.74) is 4.27. The highest BCUT2D eigenvalue weighted by molar-refractivity contribution is 7.80. The highest BCUT2D eigenvalue weighted by Gasteiger charge is 2.21. The Balaban J connectivity index is 1.68. The molecular formula is C20H17O3PS3. The summed E-state index contributed by atoms with van der Waals surface area (Å²) < 4.78 is 17.9. The van der Waals surface area contributed by atoms with Gasteiger partial charge in [0.1, 0.15) is 5.75 Å². The fourth-order valence-corrected chi connectivity index (χ4v) is 4.33. The van der Waals surface area contributed by atoms with Crippen molar-refractivity contribution >= 4 is 46.5 Å². The number of benzene rings is 3. The molecule has 0 bridgehead atoms. The Hall–Kier alpha value is -1.14. The summed E-state index contributed by atoms with van der Waals surface area (Å²) in [6, 6.07) is 19.5. The third-order valence-corrected chi connectivity index (χ3v) is 6.04. The van der Waals surface area contributed by atoms with Crippen LogP contribution in [0.3, 0.4) is 0 Å². The lowest BCUT2D eigenvalue weighted by Crippen LogP contribution is -1.98. The normalized spacial score (nSPS) is 14.5. The van der Waals surface area contributed by atoms with Crippen molar-refractivity contribution in [3.05, 3.63) is 71.8 Å². The van der Waals surface area contributed by atoms with Crippen LogP contribution >= 0.6 is 46.5 Å². The van der Waals surface area contributed by atoms with E-state index in [0.29, 0.717) is 19.0 Å². The van der Waals surface area contributed by atoms with Gasteiger partial charge < -0.3 is 4.52 Å². The Morgan fingerprint density at radius 2 is 1.15 bits per heavy atom. The average Bonchev–Trinajstić information content (AvgIpc) is 2.73. The van der Waals surface area contributed by atoms with E-state index in [1.54, 1.807) is 0 Å². The zero-order chi connectivity index (χ0) is 18.8. The first-order valence-electron chi connectivity index (χ1n) is 8.25. The monoisotopic (exact) mass is 432 g/mol. The standard InChI is InChI=1S/C20H17O3PS3/c25-16-7-3-15(4-8-16)23-24-21-11-13-1-5-17(26)9-19(13)20-10-18(27)6-2-14(20)12-22-24/h1-10,25-27H,11-12H2. The van der Waals surface area contributed by atoms with E-state index in [2.05, 4.69) is 37.9 Å². The molecule has 3 aromatic rings. The second kappa shape index (κ2) is 8.48. The van der Waals surface area contributed by atoms with Crippen molar-refractivity contribution in [3.8, 4) is 16.9 Å². The molecular weight excluding hydrogens is 415 g/mol. The van der Waals surface area contributed by atoms with Crippen molar-refractivity contribution in [1.82, 2.24) is 0 Å². The minimum absolute atomic E-state index is 0.385. The highest BCUT2D eigenvalue weighted by Crippen LogP contribution is 2.45. The molecule has 3 aromatic carbocycles. The van der Waals surface area contributed by atoms with E-state index in [-0.39, 0.29) is 0 Å². The van der Waals surface area contributed by atoms with Gasteiger partial charge in [0.25, 0.3) is 0 Å². The molecule has 7 heteroatoms. The quantitative estimate of drug-likeness (QED) is 0.316. The first-order chi connectivity index (χ1) is 13.1. The average molecular weight is 433 g/mol. The van der Waals surface area contributed by atoms with Crippen LogP contribution in [0, 0.1) is 0 Å². The highest BCUT2D eigenvalue weighted by atomic mass is 32.1. The predicted molar refractivity (Wildman–Crippen MR) is 117 cm³/mol. The van der Waals surface area contributed by atoms with E-state index in [4.69, 9.17) is 13.6 Å². The molecule has 0 saturated carbocycles. The number of rotatable bonds is 2. The zero-order valence-corrected chi connectivity index (χ0v) is 17.8. The molecule has 3 nitrogen and oxygen atoms in total. The smallest absolute Gasteiger partial charge is 0.397 e. The third kappa shape index (κ3) is 4.65. The number of hydrogen-bond acceptors (Lipinski definition) is 6. The van der Waals surface area contributed by atoms with Crippen LogP contribution in [0.1, 0.15) is 11.1 Å². The minimum Gasteiger partial charge on any atom is -0.427 e. The Labute approximate surface area is 176 Å². The van der Waals surface area contributed by atoms with Crippen molar-refractivity contribution in [2.75, 3.05) is 0 Å². The molecule has 0 saturated heterocycles. The molecule has 0 N–H and O–H groups in total. The largest absolute Gasteiger partial charge is 0.427 e. The van der Waals surface area contributed by atoms with Gasteiger partial charge in [-0.2, -0.15) is 0 Å². The number of thiol groups is 3. The molecule has 1 aliphatic heterocycles. The van der Waals surface area contributed by atoms with Gasteiger partial charge in [0, 0.05) is 14.7 Å². The van der Waals surface area contributed by atoms with Gasteiger partial charge in [0.05, 0.1) is 13.2 Å². The van der Waals surface area contributed by atoms with Crippen molar-refractivity contribution < 1.29 is 13.6 Å². The van der Waals surface area contributed by atoms with Gasteiger partial charge in [0.2, 0.25) is 0 Å². The number of hydrogen-bond donors (Lipinski definition) is 3. The summed E-state index contributed by atoms with van der Waals surface area (Å²) >= 11 is 13.3. The first-order valence-corrected chi connectivity index (χ1v) is 10.7. The second-order valence-electron chi connectivity index (χ2n) is 6.04. The third-order valence-electron chi connectivity index (χ3n) is 4.14. The topological polar surface area (TPSA) is 27.7 Å². The van der Waals surface area contributed by atoms with Crippen molar-refractivity contribution in [2.24, 2.45) is 0 Å². The molecule has 4 rings (SSSR count). The van der Waals surface area contributed by atoms with E-state index < -0.39 is 8.60 Å². The van der Waals surface area contributed by atoms with Crippen LogP contribution in [0.4, 0.5) is 0 Å². The van der Waals surface area contributed by atoms with Gasteiger partial charge >= 0.3 is 8.60 Å². The fourth-order valence-electron chi connectivity index (χ4n) is 2.81. The summed E-state index contributed by atoms with van der Waals surface area (Å²) in [5.74, 6) is 0.690. The summed E-state index contributed by atoms with van der Waals surface area (Å²) in [4.78, 5) is 2.67. The maximum atomic E-state index is 5.98. The molecule has 0 unspecified atom stereocenters. The van der Waals surface area contributed by atoms with Gasteiger partial charge in [-0.15, -0.1) is 37.9 Å². The molecule has 0 atom stereocenters. The first kappa shape index (κ1) is 19.2. The van der Waals surface area contributed by atoms with Crippen LogP contribution in [0.15, 0.2) is 75.4 Å². The van der Waals surface area contributed by atoms with Crippen LogP contribution in [-0.4, -0.2) is 0 Å². The van der Waals surface area contributed by atoms with Crippen LogP contribution in [0.2, 0.25) is 0 Å². The lowest BCUT2D eigenvalue weighted by molar-refractivity contribution is 0.194. The van der Waals surface area contributed by atoms with Crippen LogP contribution in [-0.2, 0) is 22.3 Å². The molecule has 138 valence electrons. The molecule has 1 heterocycles. The number of fused-ring (bicyclic) bond motifs is 3. The Morgan fingerprint density at radius 3 is 1.67 bits per heavy atom. The van der Waals surface area contributed by atoms with E-state index >= 15 is 0 Å². The van der Waals surface area contributed by atoms with Gasteiger partial charge in [-0.25, -0.2) is 0 Å². The van der Waals surface area contributed by atoms with Crippen molar-refractivity contribution in [3.63, 3.8) is 0 Å². The predicted octanol–water partition coefficient (Wildman–Crippen LogP) is 6.57. The summed E-state index contributed by atoms with van der Waals surface area (Å²) in [7, 11) is -1.55. The van der Waals surface area contributed by atoms with Crippen molar-refractivity contribution in [2.45, 2.75) is 27.9 Å². The molecule has 1 aliphatic rings. The van der Waals surface area contributed by atoms with E-state index in [0.717, 1.165) is 36.9 Å². The van der Waals surface area contributed by atoms with Gasteiger partial charge in [-0.05, 0) is 70.8 Å². The zero-order valence-electron chi connectivity index (χ0n) is 14.2. The summed E-state index contributed by atoms with van der Waals surface area (Å²) in [6.07, 6.45) is 0. The molecule has 0 aliphatic carbocycles. The lowest BCUT2D eigenvalue weighted by Gasteiger charge is -2.16. The molecule has 0 amide bonds. The van der Waals surface area contributed by atoms with Crippen molar-refractivity contribution in [1.29, 1.82) is 0 Å². The van der Waals surface area contributed by atoms with Gasteiger partial charge in [-0.3, -0.25) is 9.05 Å². The Morgan fingerprint density at radius 1 is 0.667 bits per heavy atom. The minimum atomic E-state index is -1.55. The SMILES string of the molecule is Sc1ccc(OP2OCc3ccc(S)cc3-c3cc(S)ccc3CO2)cc1. The summed E-state index contributed by atoms with van der Waals surface area (Å²) in [5, 5.41) is 0. The van der Waals surface area contributed by atoms with Crippen LogP contribution < -0.4 is 4.52 Å². The van der Waals surface area contributed by atoms with E-state index in [9.17, 15) is 0 Å². The molecule has 0 aromatic heterocycles. The van der Waals surface area contributed by atoms with Gasteiger partial charge in [-0.1, -0.05) is 12.1 Å². The Kier molecular flexibility index (Phi) is 6.02. The lowest BCUT2D eigenvalue weighted by atomic mass is 9.96. The molecule has 0 spiro atoms. The second-order valence-corrected chi connectivity index (χ2v) is 8.73. The maximum absolute atomic E-state index is 5.98. The maximum Gasteiger partial charge on any atom is 0.397 e. The Bertz CT molecular complexity index is 908. The van der Waals surface area contributed by atoms with Crippen LogP contribution in [0.5, 0.6) is 5.75 Å². The van der Waals surface area contributed by atoms with Crippen LogP contribution in [0.25, 0.3) is 11.1 Å². The molecule has 0 radical (unpaired) electrons. The summed E-state index contributed by atoms with van der Waals surface area (Å²) in [6.45, 7) is 0.770. The fraction of sp³-hybridized carbons (Fsp3) is 0.100.